The van der Waals surface area contributed by atoms with Gasteiger partial charge in [-0.3, -0.25) is 14.4 Å². The van der Waals surface area contributed by atoms with E-state index in [-0.39, 0.29) is 42.0 Å². The van der Waals surface area contributed by atoms with E-state index in [2.05, 4.69) is 0 Å². The Kier molecular flexibility index (Phi) is 5.04. The van der Waals surface area contributed by atoms with E-state index in [1.165, 1.54) is 6.07 Å². The molecule has 1 N–H and O–H groups in total. The number of carbonyl (C=O) groups is 2. The van der Waals surface area contributed by atoms with Crippen LogP contribution < -0.4 is 5.56 Å². The summed E-state index contributed by atoms with van der Waals surface area (Å²) in [6.45, 7) is 1.59. The average molecular weight is 373 g/mol. The molecule has 1 aromatic rings. The van der Waals surface area contributed by atoms with Gasteiger partial charge in [0, 0.05) is 50.8 Å². The fraction of sp³-hybridized carbons (Fsp3) is 0.650. The van der Waals surface area contributed by atoms with Crippen LogP contribution in [0, 0.1) is 11.8 Å². The van der Waals surface area contributed by atoms with Crippen LogP contribution >= 0.6 is 0 Å². The highest BCUT2D eigenvalue weighted by Gasteiger charge is 2.49. The lowest BCUT2D eigenvalue weighted by Gasteiger charge is -2.56. The SMILES string of the molecule is O=C(CCn1ccccc1=O)N1C[C@H]2C[C@@H](C1)[C@H](CO)N1C(=O)CCC[C@@H]21. The monoisotopic (exact) mass is 373 g/mol. The quantitative estimate of drug-likeness (QED) is 0.831. The van der Waals surface area contributed by atoms with Crippen LogP contribution in [0.5, 0.6) is 0 Å². The molecule has 0 radical (unpaired) electrons. The summed E-state index contributed by atoms with van der Waals surface area (Å²) in [6.07, 6.45) is 5.39. The van der Waals surface area contributed by atoms with E-state index >= 15 is 0 Å². The number of aromatic nitrogens is 1. The molecule has 3 aliphatic heterocycles. The first-order chi connectivity index (χ1) is 13.1. The van der Waals surface area contributed by atoms with Crippen LogP contribution in [0.3, 0.4) is 0 Å². The van der Waals surface area contributed by atoms with Crippen molar-refractivity contribution in [2.24, 2.45) is 11.8 Å². The minimum Gasteiger partial charge on any atom is -0.394 e. The number of hydrogen-bond donors (Lipinski definition) is 1. The number of aliphatic hydroxyl groups is 1. The molecule has 4 rings (SSSR count). The Hall–Kier alpha value is -2.15. The zero-order valence-electron chi connectivity index (χ0n) is 15.5. The number of aryl methyl sites for hydroxylation is 1. The van der Waals surface area contributed by atoms with Gasteiger partial charge in [0.2, 0.25) is 11.8 Å². The van der Waals surface area contributed by atoms with E-state index < -0.39 is 0 Å². The number of carbonyl (C=O) groups excluding carboxylic acids is 2. The molecule has 0 saturated carbocycles. The molecule has 2 amide bonds. The minimum absolute atomic E-state index is 0.0406. The molecule has 3 aliphatic rings. The van der Waals surface area contributed by atoms with Crippen molar-refractivity contribution in [3.8, 4) is 0 Å². The second kappa shape index (κ2) is 7.46. The maximum atomic E-state index is 12.8. The molecule has 27 heavy (non-hydrogen) atoms. The zero-order valence-corrected chi connectivity index (χ0v) is 15.5. The van der Waals surface area contributed by atoms with Crippen LogP contribution in [0.25, 0.3) is 0 Å². The summed E-state index contributed by atoms with van der Waals surface area (Å²) in [7, 11) is 0. The predicted octanol–water partition coefficient (Wildman–Crippen LogP) is 0.459. The number of fused-ring (bicyclic) bond motifs is 4. The van der Waals surface area contributed by atoms with Crippen molar-refractivity contribution in [3.05, 3.63) is 34.7 Å². The summed E-state index contributed by atoms with van der Waals surface area (Å²) in [4.78, 5) is 40.9. The minimum atomic E-state index is -0.175. The van der Waals surface area contributed by atoms with E-state index in [4.69, 9.17) is 0 Å². The fourth-order valence-electron chi connectivity index (χ4n) is 5.23. The lowest BCUT2D eigenvalue weighted by molar-refractivity contribution is -0.158. The molecule has 3 fully saturated rings. The second-order valence-corrected chi connectivity index (χ2v) is 8.05. The number of aliphatic hydroxyl groups excluding tert-OH is 1. The molecule has 0 aliphatic carbocycles. The van der Waals surface area contributed by atoms with Gasteiger partial charge in [0.25, 0.3) is 5.56 Å². The number of rotatable bonds is 4. The summed E-state index contributed by atoms with van der Waals surface area (Å²) >= 11 is 0. The molecule has 3 saturated heterocycles. The zero-order chi connectivity index (χ0) is 19.0. The van der Waals surface area contributed by atoms with Gasteiger partial charge in [-0.15, -0.1) is 0 Å². The maximum absolute atomic E-state index is 12.8. The Balaban J connectivity index is 1.45. The summed E-state index contributed by atoms with van der Waals surface area (Å²) in [6, 6.07) is 4.95. The number of piperidine rings is 3. The largest absolute Gasteiger partial charge is 0.394 e. The Morgan fingerprint density at radius 1 is 1.19 bits per heavy atom. The fourth-order valence-corrected chi connectivity index (χ4v) is 5.23. The first-order valence-corrected chi connectivity index (χ1v) is 9.93. The molecule has 146 valence electrons. The molecule has 4 heterocycles. The van der Waals surface area contributed by atoms with E-state index in [9.17, 15) is 19.5 Å². The molecule has 0 aromatic carbocycles. The van der Waals surface area contributed by atoms with Gasteiger partial charge in [-0.2, -0.15) is 0 Å². The first-order valence-electron chi connectivity index (χ1n) is 9.93. The summed E-state index contributed by atoms with van der Waals surface area (Å²) < 4.78 is 1.56. The molecule has 4 atom stereocenters. The molecule has 0 spiro atoms. The van der Waals surface area contributed by atoms with Gasteiger partial charge in [-0.25, -0.2) is 0 Å². The van der Waals surface area contributed by atoms with Gasteiger partial charge >= 0.3 is 0 Å². The molecule has 1 aromatic heterocycles. The molecule has 7 heteroatoms. The van der Waals surface area contributed by atoms with Gasteiger partial charge in [0.1, 0.15) is 0 Å². The van der Waals surface area contributed by atoms with E-state index in [1.54, 1.807) is 22.9 Å². The number of nitrogens with zero attached hydrogens (tertiary/aromatic N) is 3. The van der Waals surface area contributed by atoms with Crippen molar-refractivity contribution in [1.82, 2.24) is 14.4 Å². The highest BCUT2D eigenvalue weighted by Crippen LogP contribution is 2.41. The Bertz CT molecular complexity index is 762. The third kappa shape index (κ3) is 3.40. The Morgan fingerprint density at radius 2 is 2.00 bits per heavy atom. The Morgan fingerprint density at radius 3 is 2.78 bits per heavy atom. The topological polar surface area (TPSA) is 82.8 Å². The van der Waals surface area contributed by atoms with Crippen LogP contribution in [0.2, 0.25) is 0 Å². The number of likely N-dealkylation sites (tertiary alicyclic amines) is 1. The lowest BCUT2D eigenvalue weighted by atomic mass is 9.72. The van der Waals surface area contributed by atoms with E-state index in [0.717, 1.165) is 19.3 Å². The number of amides is 2. The number of hydrogen-bond acceptors (Lipinski definition) is 4. The van der Waals surface area contributed by atoms with E-state index in [1.807, 2.05) is 9.80 Å². The third-order valence-electron chi connectivity index (χ3n) is 6.50. The summed E-state index contributed by atoms with van der Waals surface area (Å²) in [5.41, 5.74) is -0.0995. The van der Waals surface area contributed by atoms with Crippen LogP contribution in [-0.2, 0) is 16.1 Å². The first kappa shape index (κ1) is 18.2. The van der Waals surface area contributed by atoms with Crippen molar-refractivity contribution in [2.75, 3.05) is 19.7 Å². The van der Waals surface area contributed by atoms with Crippen LogP contribution in [0.1, 0.15) is 32.1 Å². The van der Waals surface area contributed by atoms with Crippen LogP contribution in [0.4, 0.5) is 0 Å². The van der Waals surface area contributed by atoms with Gasteiger partial charge in [-0.05, 0) is 37.2 Å². The highest BCUT2D eigenvalue weighted by molar-refractivity contribution is 5.78. The van der Waals surface area contributed by atoms with Gasteiger partial charge in [-0.1, -0.05) is 6.07 Å². The highest BCUT2D eigenvalue weighted by atomic mass is 16.3. The van der Waals surface area contributed by atoms with Crippen LogP contribution in [0.15, 0.2) is 29.2 Å². The van der Waals surface area contributed by atoms with Crippen molar-refractivity contribution < 1.29 is 14.7 Å². The third-order valence-corrected chi connectivity index (χ3v) is 6.50. The Labute approximate surface area is 158 Å². The van der Waals surface area contributed by atoms with Gasteiger partial charge < -0.3 is 19.5 Å². The maximum Gasteiger partial charge on any atom is 0.250 e. The van der Waals surface area contributed by atoms with Crippen molar-refractivity contribution in [3.63, 3.8) is 0 Å². The van der Waals surface area contributed by atoms with Crippen molar-refractivity contribution in [2.45, 2.75) is 50.7 Å². The second-order valence-electron chi connectivity index (χ2n) is 8.05. The molecular weight excluding hydrogens is 346 g/mol. The smallest absolute Gasteiger partial charge is 0.250 e. The lowest BCUT2D eigenvalue weighted by Crippen LogP contribution is -2.66. The standard InChI is InChI=1S/C20H27N3O4/c24-13-17-15-10-14(16-4-3-6-20(27)23(16)17)11-22(12-15)19(26)7-9-21-8-2-1-5-18(21)25/h1-2,5,8,14-17,24H,3-4,6-7,9-13H2/t14-,15+,16+,17+/m1/s1. The average Bonchev–Trinajstić information content (AvgIpc) is 2.68. The number of pyridine rings is 1. The molecule has 7 nitrogen and oxygen atoms in total. The van der Waals surface area contributed by atoms with Gasteiger partial charge in [0.15, 0.2) is 0 Å². The van der Waals surface area contributed by atoms with Crippen molar-refractivity contribution in [1.29, 1.82) is 0 Å². The molecular formula is C20H27N3O4. The normalized spacial score (nSPS) is 30.2. The summed E-state index contributed by atoms with van der Waals surface area (Å²) in [5, 5.41) is 9.93. The van der Waals surface area contributed by atoms with Gasteiger partial charge in [0.05, 0.1) is 12.6 Å². The molecule has 0 unspecified atom stereocenters. The summed E-state index contributed by atoms with van der Waals surface area (Å²) in [5.74, 6) is 0.630. The van der Waals surface area contributed by atoms with E-state index in [0.29, 0.717) is 38.4 Å². The van der Waals surface area contributed by atoms with Crippen LogP contribution in [-0.4, -0.2) is 63.1 Å². The predicted molar refractivity (Wildman–Crippen MR) is 98.9 cm³/mol. The molecule has 2 bridgehead atoms. The van der Waals surface area contributed by atoms with Crippen molar-refractivity contribution >= 4 is 11.8 Å².